The second-order valence-corrected chi connectivity index (χ2v) is 10.1. The maximum atomic E-state index is 12.5. The minimum absolute atomic E-state index is 0.0582. The van der Waals surface area contributed by atoms with Gasteiger partial charge in [-0.05, 0) is 49.4 Å². The molecule has 9 nitrogen and oxygen atoms in total. The molecule has 2 amide bonds. The van der Waals surface area contributed by atoms with Crippen molar-refractivity contribution in [2.75, 3.05) is 25.0 Å². The minimum atomic E-state index is -0.968. The fraction of sp³-hybridized carbons (Fsp3) is 0.367. The van der Waals surface area contributed by atoms with Crippen molar-refractivity contribution in [3.05, 3.63) is 78.6 Å². The van der Waals surface area contributed by atoms with Gasteiger partial charge in [-0.3, -0.25) is 14.4 Å². The van der Waals surface area contributed by atoms with E-state index in [4.69, 9.17) is 0 Å². The summed E-state index contributed by atoms with van der Waals surface area (Å²) in [5.41, 5.74) is 2.41. The van der Waals surface area contributed by atoms with Crippen LogP contribution in [0.5, 0.6) is 0 Å². The van der Waals surface area contributed by atoms with Crippen LogP contribution < -0.4 is 16.0 Å². The van der Waals surface area contributed by atoms with Crippen LogP contribution >= 0.6 is 0 Å². The topological polar surface area (TPSA) is 133 Å². The first kappa shape index (κ1) is 29.3. The zero-order valence-corrected chi connectivity index (χ0v) is 22.5. The van der Waals surface area contributed by atoms with Crippen LogP contribution in [0, 0.1) is 5.41 Å². The van der Waals surface area contributed by atoms with Crippen molar-refractivity contribution in [3.8, 4) is 11.1 Å². The van der Waals surface area contributed by atoms with Gasteiger partial charge in [0, 0.05) is 50.8 Å². The molecule has 1 aromatic heterocycles. The minimum Gasteiger partial charge on any atom is -0.481 e. The summed E-state index contributed by atoms with van der Waals surface area (Å²) >= 11 is 0. The summed E-state index contributed by atoms with van der Waals surface area (Å²) < 4.78 is 0. The van der Waals surface area contributed by atoms with Gasteiger partial charge in [0.05, 0.1) is 5.41 Å². The Kier molecular flexibility index (Phi) is 11.0. The van der Waals surface area contributed by atoms with E-state index in [1.165, 1.54) is 0 Å². The van der Waals surface area contributed by atoms with Gasteiger partial charge in [0.1, 0.15) is 0 Å². The summed E-state index contributed by atoms with van der Waals surface area (Å²) in [6.07, 6.45) is 4.58. The van der Waals surface area contributed by atoms with Crippen LogP contribution in [0.15, 0.2) is 73.1 Å². The van der Waals surface area contributed by atoms with E-state index in [9.17, 15) is 19.5 Å². The number of carboxylic acids is 1. The molecule has 0 aliphatic carbocycles. The SMILES string of the molecule is CC(C)(CCC(=O)NCCC(=O)NC[C@@H](CCNc1ncccn1)c1ccc(-c2ccccc2)cc1)C(=O)O. The lowest BCUT2D eigenvalue weighted by Gasteiger charge is -2.19. The highest BCUT2D eigenvalue weighted by atomic mass is 16.4. The van der Waals surface area contributed by atoms with Crippen LogP contribution in [0.3, 0.4) is 0 Å². The van der Waals surface area contributed by atoms with Crippen molar-refractivity contribution >= 4 is 23.7 Å². The lowest BCUT2D eigenvalue weighted by atomic mass is 9.88. The fourth-order valence-electron chi connectivity index (χ4n) is 3.98. The Bertz CT molecular complexity index is 1200. The fourth-order valence-corrected chi connectivity index (χ4v) is 3.98. The van der Waals surface area contributed by atoms with Crippen LogP contribution in [0.2, 0.25) is 0 Å². The van der Waals surface area contributed by atoms with Gasteiger partial charge in [0.25, 0.3) is 0 Å². The van der Waals surface area contributed by atoms with E-state index in [2.05, 4.69) is 62.3 Å². The van der Waals surface area contributed by atoms with Gasteiger partial charge < -0.3 is 21.1 Å². The maximum absolute atomic E-state index is 12.5. The third-order valence-corrected chi connectivity index (χ3v) is 6.61. The lowest BCUT2D eigenvalue weighted by molar-refractivity contribution is -0.147. The summed E-state index contributed by atoms with van der Waals surface area (Å²) in [7, 11) is 0. The molecule has 1 atom stereocenters. The monoisotopic (exact) mass is 531 g/mol. The number of nitrogens with zero attached hydrogens (tertiary/aromatic N) is 2. The Morgan fingerprint density at radius 3 is 2.13 bits per heavy atom. The molecule has 0 aliphatic heterocycles. The molecule has 0 bridgehead atoms. The highest BCUT2D eigenvalue weighted by Crippen LogP contribution is 2.25. The highest BCUT2D eigenvalue weighted by molar-refractivity contribution is 5.80. The second kappa shape index (κ2) is 14.6. The van der Waals surface area contributed by atoms with Gasteiger partial charge in [0.15, 0.2) is 0 Å². The molecular formula is C30H37N5O4. The van der Waals surface area contributed by atoms with E-state index >= 15 is 0 Å². The first-order valence-corrected chi connectivity index (χ1v) is 13.2. The zero-order valence-electron chi connectivity index (χ0n) is 22.5. The molecule has 4 N–H and O–H groups in total. The van der Waals surface area contributed by atoms with Gasteiger partial charge in [-0.25, -0.2) is 9.97 Å². The number of hydrogen-bond acceptors (Lipinski definition) is 6. The predicted octanol–water partition coefficient (Wildman–Crippen LogP) is 4.24. The van der Waals surface area contributed by atoms with E-state index in [-0.39, 0.29) is 43.5 Å². The molecule has 0 unspecified atom stereocenters. The molecule has 0 radical (unpaired) electrons. The molecule has 0 spiro atoms. The number of amides is 2. The molecule has 1 heterocycles. The van der Waals surface area contributed by atoms with Crippen molar-refractivity contribution in [2.24, 2.45) is 5.41 Å². The Balaban J connectivity index is 1.52. The summed E-state index contributed by atoms with van der Waals surface area (Å²) in [6.45, 7) is 4.45. The van der Waals surface area contributed by atoms with Gasteiger partial charge in [-0.1, -0.05) is 54.6 Å². The molecule has 3 rings (SSSR count). The normalized spacial score (nSPS) is 11.8. The van der Waals surface area contributed by atoms with Crippen LogP contribution in [0.1, 0.15) is 51.0 Å². The number of hydrogen-bond donors (Lipinski definition) is 4. The average molecular weight is 532 g/mol. The van der Waals surface area contributed by atoms with Crippen LogP contribution in [-0.2, 0) is 14.4 Å². The number of carboxylic acid groups (broad SMARTS) is 1. The third-order valence-electron chi connectivity index (χ3n) is 6.61. The average Bonchev–Trinajstić information content (AvgIpc) is 2.95. The van der Waals surface area contributed by atoms with Crippen molar-refractivity contribution in [3.63, 3.8) is 0 Å². The van der Waals surface area contributed by atoms with Crippen molar-refractivity contribution in [1.82, 2.24) is 20.6 Å². The summed E-state index contributed by atoms with van der Waals surface area (Å²) in [4.78, 5) is 44.2. The number of anilines is 1. The standard InChI is InChI=1S/C30H37N5O4/c1-30(2,28(38)39)16-13-26(36)31-20-15-27(37)35-21-25(14-19-34-29-32-17-6-18-33-29)24-11-9-23(10-12-24)22-7-4-3-5-8-22/h3-12,17-18,25H,13-16,19-21H2,1-2H3,(H,31,36)(H,35,37)(H,38,39)(H,32,33,34)/t25-/m1/s1. The Morgan fingerprint density at radius 2 is 1.46 bits per heavy atom. The molecule has 0 fully saturated rings. The predicted molar refractivity (Wildman–Crippen MR) is 151 cm³/mol. The molecule has 206 valence electrons. The number of carbonyl (C=O) groups excluding carboxylic acids is 2. The van der Waals surface area contributed by atoms with Crippen LogP contribution in [-0.4, -0.2) is 52.5 Å². The van der Waals surface area contributed by atoms with Crippen molar-refractivity contribution in [2.45, 2.75) is 45.4 Å². The number of rotatable bonds is 15. The van der Waals surface area contributed by atoms with E-state index in [0.717, 1.165) is 23.1 Å². The zero-order chi connectivity index (χ0) is 28.1. The molecule has 9 heteroatoms. The summed E-state index contributed by atoms with van der Waals surface area (Å²) in [5.74, 6) is -0.746. The Morgan fingerprint density at radius 1 is 0.821 bits per heavy atom. The van der Waals surface area contributed by atoms with Gasteiger partial charge in [-0.2, -0.15) is 0 Å². The number of nitrogens with one attached hydrogen (secondary N) is 3. The van der Waals surface area contributed by atoms with Crippen LogP contribution in [0.25, 0.3) is 11.1 Å². The van der Waals surface area contributed by atoms with Gasteiger partial charge in [-0.15, -0.1) is 0 Å². The largest absolute Gasteiger partial charge is 0.481 e. The quantitative estimate of drug-likeness (QED) is 0.230. The first-order chi connectivity index (χ1) is 18.7. The molecule has 39 heavy (non-hydrogen) atoms. The molecular weight excluding hydrogens is 494 g/mol. The second-order valence-electron chi connectivity index (χ2n) is 10.1. The number of carbonyl (C=O) groups is 3. The van der Waals surface area contributed by atoms with Gasteiger partial charge >= 0.3 is 5.97 Å². The van der Waals surface area contributed by atoms with E-state index < -0.39 is 11.4 Å². The van der Waals surface area contributed by atoms with E-state index in [0.29, 0.717) is 19.0 Å². The maximum Gasteiger partial charge on any atom is 0.309 e. The summed E-state index contributed by atoms with van der Waals surface area (Å²) in [6, 6.07) is 20.3. The number of benzene rings is 2. The third kappa shape index (κ3) is 9.85. The summed E-state index contributed by atoms with van der Waals surface area (Å²) in [5, 5.41) is 18.1. The molecule has 0 saturated heterocycles. The van der Waals surface area contributed by atoms with Crippen molar-refractivity contribution in [1.29, 1.82) is 0 Å². The van der Waals surface area contributed by atoms with Gasteiger partial charge in [0.2, 0.25) is 17.8 Å². The molecule has 2 aromatic carbocycles. The van der Waals surface area contributed by atoms with Crippen LogP contribution in [0.4, 0.5) is 5.95 Å². The molecule has 0 saturated carbocycles. The van der Waals surface area contributed by atoms with E-state index in [1.807, 2.05) is 18.2 Å². The highest BCUT2D eigenvalue weighted by Gasteiger charge is 2.27. The lowest BCUT2D eigenvalue weighted by Crippen LogP contribution is -2.34. The Labute approximate surface area is 229 Å². The van der Waals surface area contributed by atoms with E-state index in [1.54, 1.807) is 32.3 Å². The number of aliphatic carboxylic acids is 1. The van der Waals surface area contributed by atoms with Crippen molar-refractivity contribution < 1.29 is 19.5 Å². The smallest absolute Gasteiger partial charge is 0.309 e. The number of aromatic nitrogens is 2. The Hall–Kier alpha value is -4.27. The first-order valence-electron chi connectivity index (χ1n) is 13.2. The molecule has 3 aromatic rings. The molecule has 0 aliphatic rings.